The molecule has 0 unspecified atom stereocenters. The molecule has 0 radical (unpaired) electrons. The highest BCUT2D eigenvalue weighted by Gasteiger charge is 2.01. The first-order valence-corrected chi connectivity index (χ1v) is 6.01. The molecule has 0 bridgehead atoms. The summed E-state index contributed by atoms with van der Waals surface area (Å²) < 4.78 is 4.99. The highest BCUT2D eigenvalue weighted by molar-refractivity contribution is 5.86. The van der Waals surface area contributed by atoms with Crippen LogP contribution >= 0.6 is 0 Å². The Labute approximate surface area is 93.7 Å². The third kappa shape index (κ3) is 9.51. The largest absolute Gasteiger partial charge is 0.462 e. The van der Waals surface area contributed by atoms with Crippen LogP contribution < -0.4 is 0 Å². The minimum Gasteiger partial charge on any atom is -0.462 e. The highest BCUT2D eigenvalue weighted by Crippen LogP contribution is 2.07. The molecule has 0 spiro atoms. The van der Waals surface area contributed by atoms with Gasteiger partial charge in [0.15, 0.2) is 0 Å². The van der Waals surface area contributed by atoms with Crippen LogP contribution in [-0.2, 0) is 9.53 Å². The summed E-state index contributed by atoms with van der Waals surface area (Å²) in [6.07, 6.45) is 8.66. The fraction of sp³-hybridized carbons (Fsp3) is 0.769. The average molecular weight is 212 g/mol. The summed E-state index contributed by atoms with van der Waals surface area (Å²) in [5.74, 6) is -0.263. The Morgan fingerprint density at radius 1 is 1.07 bits per heavy atom. The van der Waals surface area contributed by atoms with Crippen molar-refractivity contribution < 1.29 is 9.53 Å². The Morgan fingerprint density at radius 3 is 2.13 bits per heavy atom. The van der Waals surface area contributed by atoms with Crippen LogP contribution in [0.5, 0.6) is 0 Å². The molecule has 2 nitrogen and oxygen atoms in total. The molecule has 0 aliphatic heterocycles. The van der Waals surface area contributed by atoms with E-state index in [2.05, 4.69) is 13.5 Å². The van der Waals surface area contributed by atoms with Gasteiger partial charge in [-0.3, -0.25) is 0 Å². The van der Waals surface area contributed by atoms with Crippen LogP contribution in [0.2, 0.25) is 0 Å². The molecule has 2 heteroatoms. The molecule has 0 saturated carbocycles. The van der Waals surface area contributed by atoms with Gasteiger partial charge >= 0.3 is 5.97 Å². The molecule has 15 heavy (non-hydrogen) atoms. The number of carbonyl (C=O) groups is 1. The van der Waals surface area contributed by atoms with Crippen LogP contribution in [-0.4, -0.2) is 12.6 Å². The van der Waals surface area contributed by atoms with E-state index < -0.39 is 0 Å². The quantitative estimate of drug-likeness (QED) is 0.329. The predicted molar refractivity (Wildman–Crippen MR) is 63.8 cm³/mol. The summed E-state index contributed by atoms with van der Waals surface area (Å²) in [6, 6.07) is 0. The second-order valence-electron chi connectivity index (χ2n) is 4.04. The molecule has 0 aromatic carbocycles. The van der Waals surface area contributed by atoms with Crippen LogP contribution in [0.4, 0.5) is 0 Å². The molecule has 0 saturated heterocycles. The molecular formula is C13H24O2. The molecule has 88 valence electrons. The third-order valence-electron chi connectivity index (χ3n) is 2.33. The SMILES string of the molecule is C=C(C)C(=O)OCCCCCCCCC. The lowest BCUT2D eigenvalue weighted by molar-refractivity contribution is -0.139. The lowest BCUT2D eigenvalue weighted by Crippen LogP contribution is -2.05. The second-order valence-corrected chi connectivity index (χ2v) is 4.04. The molecule has 0 fully saturated rings. The molecule has 0 aromatic heterocycles. The standard InChI is InChI=1S/C13H24O2/c1-4-5-6-7-8-9-10-11-15-13(14)12(2)3/h2,4-11H2,1,3H3. The van der Waals surface area contributed by atoms with Crippen molar-refractivity contribution in [3.63, 3.8) is 0 Å². The van der Waals surface area contributed by atoms with Gasteiger partial charge in [-0.1, -0.05) is 52.0 Å². The minimum absolute atomic E-state index is 0.263. The Hall–Kier alpha value is -0.790. The first-order valence-electron chi connectivity index (χ1n) is 6.01. The van der Waals surface area contributed by atoms with Crippen LogP contribution in [0.15, 0.2) is 12.2 Å². The molecule has 0 N–H and O–H groups in total. The third-order valence-corrected chi connectivity index (χ3v) is 2.33. The fourth-order valence-electron chi connectivity index (χ4n) is 1.35. The van der Waals surface area contributed by atoms with Gasteiger partial charge in [0.05, 0.1) is 6.61 Å². The molecule has 0 rings (SSSR count). The summed E-state index contributed by atoms with van der Waals surface area (Å²) in [4.78, 5) is 11.0. The fourth-order valence-corrected chi connectivity index (χ4v) is 1.35. The summed E-state index contributed by atoms with van der Waals surface area (Å²) in [7, 11) is 0. The molecule has 0 amide bonds. The van der Waals surface area contributed by atoms with Crippen molar-refractivity contribution >= 4 is 5.97 Å². The van der Waals surface area contributed by atoms with Gasteiger partial charge in [-0.2, -0.15) is 0 Å². The smallest absolute Gasteiger partial charge is 0.333 e. The number of hydrogen-bond acceptors (Lipinski definition) is 2. The lowest BCUT2D eigenvalue weighted by atomic mass is 10.1. The van der Waals surface area contributed by atoms with Crippen molar-refractivity contribution in [1.82, 2.24) is 0 Å². The number of rotatable bonds is 9. The normalized spacial score (nSPS) is 10.0. The summed E-state index contributed by atoms with van der Waals surface area (Å²) in [5, 5.41) is 0. The van der Waals surface area contributed by atoms with Crippen LogP contribution in [0.3, 0.4) is 0 Å². The summed E-state index contributed by atoms with van der Waals surface area (Å²) in [6.45, 7) is 7.96. The van der Waals surface area contributed by atoms with Crippen molar-refractivity contribution in [2.75, 3.05) is 6.61 Å². The lowest BCUT2D eigenvalue weighted by Gasteiger charge is -2.04. The summed E-state index contributed by atoms with van der Waals surface area (Å²) >= 11 is 0. The van der Waals surface area contributed by atoms with E-state index in [0.29, 0.717) is 12.2 Å². The highest BCUT2D eigenvalue weighted by atomic mass is 16.5. The maximum Gasteiger partial charge on any atom is 0.333 e. The number of esters is 1. The topological polar surface area (TPSA) is 26.3 Å². The Morgan fingerprint density at radius 2 is 1.60 bits per heavy atom. The van der Waals surface area contributed by atoms with E-state index in [9.17, 15) is 4.79 Å². The van der Waals surface area contributed by atoms with E-state index >= 15 is 0 Å². The maximum atomic E-state index is 11.0. The number of unbranched alkanes of at least 4 members (excludes halogenated alkanes) is 6. The van der Waals surface area contributed by atoms with Crippen molar-refractivity contribution in [2.45, 2.75) is 58.8 Å². The van der Waals surface area contributed by atoms with Crippen LogP contribution in [0.25, 0.3) is 0 Å². The predicted octanol–water partition coefficient (Wildman–Crippen LogP) is 3.86. The second kappa shape index (κ2) is 9.75. The Kier molecular flexibility index (Phi) is 9.24. The Balaban J connectivity index is 3.11. The number of carbonyl (C=O) groups excluding carboxylic acids is 1. The van der Waals surface area contributed by atoms with Gasteiger partial charge in [0, 0.05) is 5.57 Å². The Bertz CT molecular complexity index is 185. The van der Waals surface area contributed by atoms with Crippen molar-refractivity contribution in [1.29, 1.82) is 0 Å². The van der Waals surface area contributed by atoms with E-state index in [1.54, 1.807) is 6.92 Å². The maximum absolute atomic E-state index is 11.0. The van der Waals surface area contributed by atoms with Gasteiger partial charge < -0.3 is 4.74 Å². The average Bonchev–Trinajstić information content (AvgIpc) is 2.21. The molecular weight excluding hydrogens is 188 g/mol. The minimum atomic E-state index is -0.263. The van der Waals surface area contributed by atoms with Gasteiger partial charge in [0.25, 0.3) is 0 Å². The van der Waals surface area contributed by atoms with E-state index in [0.717, 1.165) is 12.8 Å². The van der Waals surface area contributed by atoms with E-state index in [4.69, 9.17) is 4.74 Å². The van der Waals surface area contributed by atoms with Crippen molar-refractivity contribution in [2.24, 2.45) is 0 Å². The van der Waals surface area contributed by atoms with Crippen LogP contribution in [0.1, 0.15) is 58.8 Å². The zero-order valence-corrected chi connectivity index (χ0v) is 10.2. The number of ether oxygens (including phenoxy) is 1. The monoisotopic (exact) mass is 212 g/mol. The molecule has 0 aliphatic carbocycles. The van der Waals surface area contributed by atoms with Crippen LogP contribution in [0, 0.1) is 0 Å². The van der Waals surface area contributed by atoms with Gasteiger partial charge in [-0.25, -0.2) is 4.79 Å². The van der Waals surface area contributed by atoms with E-state index in [1.807, 2.05) is 0 Å². The van der Waals surface area contributed by atoms with E-state index in [1.165, 1.54) is 32.1 Å². The van der Waals surface area contributed by atoms with Gasteiger partial charge in [0.1, 0.15) is 0 Å². The zero-order chi connectivity index (χ0) is 11.5. The van der Waals surface area contributed by atoms with Gasteiger partial charge in [-0.05, 0) is 13.3 Å². The number of hydrogen-bond donors (Lipinski definition) is 0. The van der Waals surface area contributed by atoms with Crippen molar-refractivity contribution in [3.8, 4) is 0 Å². The molecule has 0 atom stereocenters. The first-order chi connectivity index (χ1) is 7.18. The summed E-state index contributed by atoms with van der Waals surface area (Å²) in [5.41, 5.74) is 0.484. The first kappa shape index (κ1) is 14.2. The zero-order valence-electron chi connectivity index (χ0n) is 10.2. The molecule has 0 heterocycles. The molecule has 0 aromatic rings. The molecule has 0 aliphatic rings. The van der Waals surface area contributed by atoms with Gasteiger partial charge in [0.2, 0.25) is 0 Å². The van der Waals surface area contributed by atoms with Gasteiger partial charge in [-0.15, -0.1) is 0 Å². The van der Waals surface area contributed by atoms with E-state index in [-0.39, 0.29) is 5.97 Å². The van der Waals surface area contributed by atoms with Crippen molar-refractivity contribution in [3.05, 3.63) is 12.2 Å².